The first-order chi connectivity index (χ1) is 8.90. The van der Waals surface area contributed by atoms with Crippen molar-refractivity contribution in [3.8, 4) is 0 Å². The molecule has 3 nitrogen and oxygen atoms in total. The molecule has 1 N–H and O–H groups in total. The highest BCUT2D eigenvalue weighted by molar-refractivity contribution is 7.22. The number of nitrogens with one attached hydrogen (secondary N) is 1. The SMILES string of the molecule is CC(C)(C)c1ccc2nc(NC(=O)CCCl)sc2c1. The molecule has 0 bridgehead atoms. The van der Waals surface area contributed by atoms with Gasteiger partial charge in [0.05, 0.1) is 10.2 Å². The van der Waals surface area contributed by atoms with Crippen molar-refractivity contribution < 1.29 is 4.79 Å². The van der Waals surface area contributed by atoms with Crippen molar-refractivity contribution in [2.75, 3.05) is 11.2 Å². The topological polar surface area (TPSA) is 42.0 Å². The van der Waals surface area contributed by atoms with E-state index in [-0.39, 0.29) is 11.3 Å². The molecule has 102 valence electrons. The summed E-state index contributed by atoms with van der Waals surface area (Å²) in [6.45, 7) is 6.54. The van der Waals surface area contributed by atoms with Crippen LogP contribution in [0.15, 0.2) is 18.2 Å². The van der Waals surface area contributed by atoms with Gasteiger partial charge in [-0.1, -0.05) is 38.2 Å². The van der Waals surface area contributed by atoms with Crippen molar-refractivity contribution in [2.24, 2.45) is 0 Å². The lowest BCUT2D eigenvalue weighted by Crippen LogP contribution is -2.11. The fourth-order valence-electron chi connectivity index (χ4n) is 1.71. The highest BCUT2D eigenvalue weighted by Crippen LogP contribution is 2.31. The van der Waals surface area contributed by atoms with Gasteiger partial charge < -0.3 is 5.32 Å². The van der Waals surface area contributed by atoms with E-state index in [4.69, 9.17) is 11.6 Å². The monoisotopic (exact) mass is 296 g/mol. The van der Waals surface area contributed by atoms with Crippen molar-refractivity contribution in [1.82, 2.24) is 4.98 Å². The fourth-order valence-corrected chi connectivity index (χ4v) is 2.81. The van der Waals surface area contributed by atoms with Gasteiger partial charge in [0.1, 0.15) is 0 Å². The molecule has 0 unspecified atom stereocenters. The molecule has 2 rings (SSSR count). The van der Waals surface area contributed by atoms with Crippen molar-refractivity contribution in [3.05, 3.63) is 23.8 Å². The third-order valence-corrected chi connectivity index (χ3v) is 3.94. The maximum absolute atomic E-state index is 11.5. The molecular weight excluding hydrogens is 280 g/mol. The molecule has 0 saturated carbocycles. The lowest BCUT2D eigenvalue weighted by atomic mass is 9.87. The molecule has 0 aliphatic rings. The molecule has 1 aromatic carbocycles. The predicted octanol–water partition coefficient (Wildman–Crippen LogP) is 4.16. The Balaban J connectivity index is 2.28. The Morgan fingerprint density at radius 2 is 2.16 bits per heavy atom. The Morgan fingerprint density at radius 1 is 1.42 bits per heavy atom. The molecule has 1 aromatic heterocycles. The molecule has 2 aromatic rings. The standard InChI is InChI=1S/C14H17ClN2OS/c1-14(2,3)9-4-5-10-11(8-9)19-13(16-10)17-12(18)6-7-15/h4-5,8H,6-7H2,1-3H3,(H,16,17,18). The number of rotatable bonds is 3. The number of fused-ring (bicyclic) bond motifs is 1. The van der Waals surface area contributed by atoms with Gasteiger partial charge in [-0.25, -0.2) is 4.98 Å². The summed E-state index contributed by atoms with van der Waals surface area (Å²) in [7, 11) is 0. The number of amides is 1. The minimum Gasteiger partial charge on any atom is -0.302 e. The highest BCUT2D eigenvalue weighted by Gasteiger charge is 2.15. The number of halogens is 1. The zero-order valence-corrected chi connectivity index (χ0v) is 12.9. The molecule has 0 fully saturated rings. The number of aromatic nitrogens is 1. The van der Waals surface area contributed by atoms with Crippen LogP contribution in [0.2, 0.25) is 0 Å². The Morgan fingerprint density at radius 3 is 2.79 bits per heavy atom. The zero-order valence-electron chi connectivity index (χ0n) is 11.3. The molecule has 0 atom stereocenters. The summed E-state index contributed by atoms with van der Waals surface area (Å²) < 4.78 is 1.09. The Kier molecular flexibility index (Phi) is 4.11. The quantitative estimate of drug-likeness (QED) is 0.864. The van der Waals surface area contributed by atoms with Gasteiger partial charge in [-0.15, -0.1) is 11.6 Å². The van der Waals surface area contributed by atoms with Crippen LogP contribution >= 0.6 is 22.9 Å². The summed E-state index contributed by atoms with van der Waals surface area (Å²) in [5.41, 5.74) is 2.29. The van der Waals surface area contributed by atoms with E-state index in [1.165, 1.54) is 16.9 Å². The molecule has 0 aliphatic heterocycles. The average Bonchev–Trinajstić information content (AvgIpc) is 2.68. The highest BCUT2D eigenvalue weighted by atomic mass is 35.5. The number of hydrogen-bond donors (Lipinski definition) is 1. The molecule has 19 heavy (non-hydrogen) atoms. The van der Waals surface area contributed by atoms with E-state index in [0.717, 1.165) is 10.2 Å². The van der Waals surface area contributed by atoms with Gasteiger partial charge in [0.2, 0.25) is 5.91 Å². The van der Waals surface area contributed by atoms with Crippen LogP contribution in [0.3, 0.4) is 0 Å². The number of anilines is 1. The molecule has 0 spiro atoms. The van der Waals surface area contributed by atoms with Crippen molar-refractivity contribution in [3.63, 3.8) is 0 Å². The van der Waals surface area contributed by atoms with Gasteiger partial charge in [-0.3, -0.25) is 4.79 Å². The summed E-state index contributed by atoms with van der Waals surface area (Å²) in [6, 6.07) is 6.24. The number of carbonyl (C=O) groups excluding carboxylic acids is 1. The second kappa shape index (κ2) is 5.47. The zero-order chi connectivity index (χ0) is 14.0. The van der Waals surface area contributed by atoms with E-state index in [1.54, 1.807) is 0 Å². The van der Waals surface area contributed by atoms with E-state index in [9.17, 15) is 4.79 Å². The smallest absolute Gasteiger partial charge is 0.227 e. The van der Waals surface area contributed by atoms with Gasteiger partial charge in [-0.2, -0.15) is 0 Å². The molecule has 0 saturated heterocycles. The first-order valence-electron chi connectivity index (χ1n) is 6.17. The number of carbonyl (C=O) groups is 1. The van der Waals surface area contributed by atoms with Gasteiger partial charge in [0.15, 0.2) is 5.13 Å². The molecule has 5 heteroatoms. The van der Waals surface area contributed by atoms with Crippen LogP contribution in [0, 0.1) is 0 Å². The van der Waals surface area contributed by atoms with E-state index in [2.05, 4.69) is 43.2 Å². The van der Waals surface area contributed by atoms with E-state index >= 15 is 0 Å². The lowest BCUT2D eigenvalue weighted by Gasteiger charge is -2.18. The van der Waals surface area contributed by atoms with Crippen LogP contribution in [-0.4, -0.2) is 16.8 Å². The number of alkyl halides is 1. The second-order valence-corrected chi connectivity index (χ2v) is 6.85. The van der Waals surface area contributed by atoms with Crippen LogP contribution < -0.4 is 5.32 Å². The van der Waals surface area contributed by atoms with Gasteiger partial charge >= 0.3 is 0 Å². The van der Waals surface area contributed by atoms with E-state index in [0.29, 0.717) is 17.4 Å². The molecule has 1 heterocycles. The second-order valence-electron chi connectivity index (χ2n) is 5.44. The molecular formula is C14H17ClN2OS. The normalized spacial score (nSPS) is 11.8. The van der Waals surface area contributed by atoms with Gasteiger partial charge in [0.25, 0.3) is 0 Å². The summed E-state index contributed by atoms with van der Waals surface area (Å²) in [6.07, 6.45) is 0.310. The van der Waals surface area contributed by atoms with Crippen LogP contribution in [0.4, 0.5) is 5.13 Å². The van der Waals surface area contributed by atoms with Crippen LogP contribution in [0.1, 0.15) is 32.8 Å². The first kappa shape index (κ1) is 14.3. The summed E-state index contributed by atoms with van der Waals surface area (Å²) in [5, 5.41) is 3.41. The first-order valence-corrected chi connectivity index (χ1v) is 7.52. The van der Waals surface area contributed by atoms with E-state index < -0.39 is 0 Å². The van der Waals surface area contributed by atoms with Crippen molar-refractivity contribution >= 4 is 44.2 Å². The van der Waals surface area contributed by atoms with Crippen LogP contribution in [0.5, 0.6) is 0 Å². The Labute approximate surface area is 122 Å². The largest absolute Gasteiger partial charge is 0.302 e. The fraction of sp³-hybridized carbons (Fsp3) is 0.429. The average molecular weight is 297 g/mol. The number of hydrogen-bond acceptors (Lipinski definition) is 3. The number of nitrogens with zero attached hydrogens (tertiary/aromatic N) is 1. The van der Waals surface area contributed by atoms with Crippen molar-refractivity contribution in [2.45, 2.75) is 32.6 Å². The summed E-state index contributed by atoms with van der Waals surface area (Å²) >= 11 is 7.03. The van der Waals surface area contributed by atoms with E-state index in [1.807, 2.05) is 6.07 Å². The Bertz CT molecular complexity index is 601. The molecule has 1 amide bonds. The molecule has 0 aliphatic carbocycles. The summed E-state index contributed by atoms with van der Waals surface area (Å²) in [5.74, 6) is 0.232. The predicted molar refractivity (Wildman–Crippen MR) is 82.3 cm³/mol. The van der Waals surface area contributed by atoms with Crippen LogP contribution in [-0.2, 0) is 10.2 Å². The van der Waals surface area contributed by atoms with Crippen LogP contribution in [0.25, 0.3) is 10.2 Å². The maximum Gasteiger partial charge on any atom is 0.227 e. The minimum absolute atomic E-state index is 0.0925. The number of thiazole rings is 1. The number of benzene rings is 1. The minimum atomic E-state index is -0.0925. The van der Waals surface area contributed by atoms with Gasteiger partial charge in [-0.05, 0) is 23.1 Å². The Hall–Kier alpha value is -1.13. The molecule has 0 radical (unpaired) electrons. The third-order valence-electron chi connectivity index (χ3n) is 2.82. The summed E-state index contributed by atoms with van der Waals surface area (Å²) in [4.78, 5) is 15.9. The van der Waals surface area contributed by atoms with Crippen molar-refractivity contribution in [1.29, 1.82) is 0 Å². The lowest BCUT2D eigenvalue weighted by molar-refractivity contribution is -0.115. The maximum atomic E-state index is 11.5. The van der Waals surface area contributed by atoms with Gasteiger partial charge in [0, 0.05) is 12.3 Å². The third kappa shape index (κ3) is 3.45.